The van der Waals surface area contributed by atoms with E-state index in [1.165, 1.54) is 12.8 Å². The molecule has 0 spiro atoms. The number of benzene rings is 1. The summed E-state index contributed by atoms with van der Waals surface area (Å²) in [6, 6.07) is 10.3. The average molecular weight is 309 g/mol. The normalized spacial score (nSPS) is 22.0. The van der Waals surface area contributed by atoms with Crippen molar-refractivity contribution in [3.05, 3.63) is 42.6 Å². The molecule has 23 heavy (non-hydrogen) atoms. The summed E-state index contributed by atoms with van der Waals surface area (Å²) in [5.74, 6) is 1.78. The number of fused-ring (bicyclic) bond motifs is 1. The molecular formula is C21H27NO. The number of hydrogen-bond acceptors (Lipinski definition) is 2. The fourth-order valence-electron chi connectivity index (χ4n) is 3.55. The predicted octanol–water partition coefficient (Wildman–Crippen LogP) is 5.86. The Bertz CT molecular complexity index is 691. The van der Waals surface area contributed by atoms with E-state index in [2.05, 4.69) is 44.5 Å². The van der Waals surface area contributed by atoms with Crippen molar-refractivity contribution in [2.24, 2.45) is 11.3 Å². The zero-order valence-corrected chi connectivity index (χ0v) is 14.5. The summed E-state index contributed by atoms with van der Waals surface area (Å²) in [5, 5.41) is 1.12. The van der Waals surface area contributed by atoms with Crippen molar-refractivity contribution in [1.82, 2.24) is 4.98 Å². The van der Waals surface area contributed by atoms with E-state index in [1.807, 2.05) is 18.2 Å². The Morgan fingerprint density at radius 1 is 1.09 bits per heavy atom. The van der Waals surface area contributed by atoms with Crippen LogP contribution in [-0.2, 0) is 0 Å². The van der Waals surface area contributed by atoms with E-state index in [-0.39, 0.29) is 0 Å². The largest absolute Gasteiger partial charge is 0.490 e. The van der Waals surface area contributed by atoms with Gasteiger partial charge in [0.1, 0.15) is 5.75 Å². The second-order valence-electron chi connectivity index (χ2n) is 7.75. The first kappa shape index (κ1) is 16.0. The molecule has 1 aromatic carbocycles. The third kappa shape index (κ3) is 3.74. The van der Waals surface area contributed by atoms with Crippen LogP contribution in [0.2, 0.25) is 0 Å². The first-order valence-corrected chi connectivity index (χ1v) is 8.65. The van der Waals surface area contributed by atoms with E-state index in [4.69, 9.17) is 4.74 Å². The van der Waals surface area contributed by atoms with Crippen LogP contribution < -0.4 is 4.74 Å². The van der Waals surface area contributed by atoms with Crippen molar-refractivity contribution in [2.75, 3.05) is 0 Å². The Kier molecular flexibility index (Phi) is 4.43. The first-order chi connectivity index (χ1) is 11.0. The van der Waals surface area contributed by atoms with Crippen molar-refractivity contribution >= 4 is 17.0 Å². The quantitative estimate of drug-likeness (QED) is 0.708. The maximum atomic E-state index is 6.23. The molecule has 1 aliphatic carbocycles. The van der Waals surface area contributed by atoms with Gasteiger partial charge in [0.05, 0.1) is 17.3 Å². The highest BCUT2D eigenvalue weighted by Gasteiger charge is 2.30. The Balaban J connectivity index is 1.67. The van der Waals surface area contributed by atoms with Crippen molar-refractivity contribution in [2.45, 2.75) is 52.6 Å². The molecule has 1 aliphatic rings. The van der Waals surface area contributed by atoms with Gasteiger partial charge in [0.2, 0.25) is 0 Å². The molecule has 122 valence electrons. The van der Waals surface area contributed by atoms with Crippen LogP contribution in [0, 0.1) is 11.3 Å². The van der Waals surface area contributed by atoms with E-state index < -0.39 is 0 Å². The Hall–Kier alpha value is -1.83. The zero-order chi connectivity index (χ0) is 16.4. The highest BCUT2D eigenvalue weighted by Crippen LogP contribution is 2.38. The van der Waals surface area contributed by atoms with Crippen molar-refractivity contribution in [3.63, 3.8) is 0 Å². The molecule has 0 atom stereocenters. The molecular weight excluding hydrogens is 282 g/mol. The summed E-state index contributed by atoms with van der Waals surface area (Å²) < 4.78 is 6.23. The molecule has 2 heteroatoms. The molecule has 3 rings (SSSR count). The summed E-state index contributed by atoms with van der Waals surface area (Å²) >= 11 is 0. The number of aromatic nitrogens is 1. The minimum atomic E-state index is 0.353. The van der Waals surface area contributed by atoms with Crippen LogP contribution in [0.5, 0.6) is 5.75 Å². The maximum absolute atomic E-state index is 6.23. The molecule has 0 saturated heterocycles. The molecule has 2 aromatic rings. The molecule has 0 amide bonds. The lowest BCUT2D eigenvalue weighted by molar-refractivity contribution is 0.0883. The molecule has 1 fully saturated rings. The molecule has 1 heterocycles. The van der Waals surface area contributed by atoms with E-state index in [0.717, 1.165) is 41.1 Å². The standard InChI is InChI=1S/C21H27NO/c1-5-17-9-6-15-14-19(12-13-20(15)22-17)23-18-10-7-16(8-11-18)21(2,3)4/h5-6,9,12-14,16,18H,1,7-8,10-11H2,2-4H3/t16-,18-. The monoisotopic (exact) mass is 309 g/mol. The molecule has 0 radical (unpaired) electrons. The summed E-state index contributed by atoms with van der Waals surface area (Å²) in [4.78, 5) is 4.54. The maximum Gasteiger partial charge on any atom is 0.120 e. The van der Waals surface area contributed by atoms with Gasteiger partial charge in [-0.05, 0) is 67.4 Å². The number of pyridine rings is 1. The minimum absolute atomic E-state index is 0.353. The molecule has 0 N–H and O–H groups in total. The molecule has 1 saturated carbocycles. The lowest BCUT2D eigenvalue weighted by atomic mass is 9.72. The van der Waals surface area contributed by atoms with Crippen molar-refractivity contribution < 1.29 is 4.74 Å². The van der Waals surface area contributed by atoms with Gasteiger partial charge in [-0.25, -0.2) is 4.98 Å². The van der Waals surface area contributed by atoms with E-state index >= 15 is 0 Å². The van der Waals surface area contributed by atoms with Gasteiger partial charge in [-0.2, -0.15) is 0 Å². The highest BCUT2D eigenvalue weighted by atomic mass is 16.5. The van der Waals surface area contributed by atoms with Gasteiger partial charge in [-0.15, -0.1) is 0 Å². The van der Waals surface area contributed by atoms with Crippen molar-refractivity contribution in [3.8, 4) is 5.75 Å². The number of ether oxygens (including phenoxy) is 1. The lowest BCUT2D eigenvalue weighted by Gasteiger charge is -2.36. The third-order valence-corrected chi connectivity index (χ3v) is 5.09. The second-order valence-corrected chi connectivity index (χ2v) is 7.75. The van der Waals surface area contributed by atoms with Gasteiger partial charge >= 0.3 is 0 Å². The molecule has 2 nitrogen and oxygen atoms in total. The highest BCUT2D eigenvalue weighted by molar-refractivity contribution is 5.81. The van der Waals surface area contributed by atoms with Crippen LogP contribution in [0.15, 0.2) is 36.9 Å². The summed E-state index contributed by atoms with van der Waals surface area (Å²) in [6.45, 7) is 10.8. The molecule has 0 aliphatic heterocycles. The van der Waals surface area contributed by atoms with Crippen LogP contribution in [0.4, 0.5) is 0 Å². The first-order valence-electron chi connectivity index (χ1n) is 8.65. The molecule has 0 unspecified atom stereocenters. The van der Waals surface area contributed by atoms with E-state index in [9.17, 15) is 0 Å². The van der Waals surface area contributed by atoms with Crippen LogP contribution in [-0.4, -0.2) is 11.1 Å². The Labute approximate surface area is 139 Å². The molecule has 1 aromatic heterocycles. The Morgan fingerprint density at radius 2 is 1.83 bits per heavy atom. The van der Waals surface area contributed by atoms with E-state index in [1.54, 1.807) is 6.08 Å². The van der Waals surface area contributed by atoms with Gasteiger partial charge in [-0.3, -0.25) is 0 Å². The minimum Gasteiger partial charge on any atom is -0.490 e. The van der Waals surface area contributed by atoms with Crippen molar-refractivity contribution in [1.29, 1.82) is 0 Å². The van der Waals surface area contributed by atoms with Crippen LogP contribution in [0.3, 0.4) is 0 Å². The summed E-state index contributed by atoms with van der Waals surface area (Å²) in [5.41, 5.74) is 2.32. The van der Waals surface area contributed by atoms with Gasteiger partial charge in [0, 0.05) is 5.39 Å². The average Bonchev–Trinajstić information content (AvgIpc) is 2.54. The number of rotatable bonds is 3. The molecule has 0 bridgehead atoms. The van der Waals surface area contributed by atoms with Crippen LogP contribution in [0.25, 0.3) is 17.0 Å². The SMILES string of the molecule is C=Cc1ccc2cc(O[C@H]3CC[C@H](C(C)(C)C)CC3)ccc2n1. The van der Waals surface area contributed by atoms with Gasteiger partial charge in [0.15, 0.2) is 0 Å². The van der Waals surface area contributed by atoms with Gasteiger partial charge < -0.3 is 4.74 Å². The number of hydrogen-bond donors (Lipinski definition) is 0. The smallest absolute Gasteiger partial charge is 0.120 e. The van der Waals surface area contributed by atoms with Crippen LogP contribution in [0.1, 0.15) is 52.1 Å². The Morgan fingerprint density at radius 3 is 2.48 bits per heavy atom. The summed E-state index contributed by atoms with van der Waals surface area (Å²) in [7, 11) is 0. The second kappa shape index (κ2) is 6.35. The number of nitrogens with zero attached hydrogens (tertiary/aromatic N) is 1. The summed E-state index contributed by atoms with van der Waals surface area (Å²) in [6.07, 6.45) is 6.99. The lowest BCUT2D eigenvalue weighted by Crippen LogP contribution is -2.30. The fourth-order valence-corrected chi connectivity index (χ4v) is 3.55. The third-order valence-electron chi connectivity index (χ3n) is 5.09. The predicted molar refractivity (Wildman–Crippen MR) is 97.7 cm³/mol. The van der Waals surface area contributed by atoms with Crippen LogP contribution >= 0.6 is 0 Å². The van der Waals surface area contributed by atoms with E-state index in [0.29, 0.717) is 11.5 Å². The van der Waals surface area contributed by atoms with Gasteiger partial charge in [0.25, 0.3) is 0 Å². The topological polar surface area (TPSA) is 22.1 Å². The fraction of sp³-hybridized carbons (Fsp3) is 0.476. The zero-order valence-electron chi connectivity index (χ0n) is 14.5. The van der Waals surface area contributed by atoms with Gasteiger partial charge in [-0.1, -0.05) is 33.4 Å².